The van der Waals surface area contributed by atoms with E-state index < -0.39 is 16.9 Å². The molecule has 1 aromatic carbocycles. The fourth-order valence-corrected chi connectivity index (χ4v) is 4.29. The number of fused-ring (bicyclic) bond motifs is 1. The number of methoxy groups -OCH3 is 1. The number of allylic oxidation sites excluding steroid dienone is 3. The molecule has 0 saturated heterocycles. The maximum atomic E-state index is 12.5. The van der Waals surface area contributed by atoms with E-state index in [2.05, 4.69) is 4.99 Å². The zero-order valence-corrected chi connectivity index (χ0v) is 16.0. The van der Waals surface area contributed by atoms with Crippen LogP contribution >= 0.6 is 11.8 Å². The van der Waals surface area contributed by atoms with Gasteiger partial charge in [0.1, 0.15) is 0 Å². The van der Waals surface area contributed by atoms with E-state index in [1.807, 2.05) is 0 Å². The van der Waals surface area contributed by atoms with Crippen molar-refractivity contribution in [1.82, 2.24) is 4.90 Å². The maximum Gasteiger partial charge on any atom is 0.338 e. The third kappa shape index (κ3) is 3.14. The minimum atomic E-state index is -0.672. The van der Waals surface area contributed by atoms with Crippen LogP contribution in [0.4, 0.5) is 5.69 Å². The third-order valence-electron chi connectivity index (χ3n) is 4.40. The predicted octanol–water partition coefficient (Wildman–Crippen LogP) is 3.32. The fourth-order valence-electron chi connectivity index (χ4n) is 3.20. The number of aliphatic imine (C=N–C) groups is 1. The number of hydrogen-bond acceptors (Lipinski definition) is 8. The molecule has 1 aromatic rings. The highest BCUT2D eigenvalue weighted by atomic mass is 32.2. The molecule has 1 atom stereocenters. The van der Waals surface area contributed by atoms with Gasteiger partial charge in [0.25, 0.3) is 5.69 Å². The topological polar surface area (TPSA) is 102 Å². The van der Waals surface area contributed by atoms with Crippen LogP contribution in [0.5, 0.6) is 0 Å². The van der Waals surface area contributed by atoms with Gasteiger partial charge in [-0.2, -0.15) is 0 Å². The van der Waals surface area contributed by atoms with Crippen LogP contribution < -0.4 is 0 Å². The van der Waals surface area contributed by atoms with Crippen molar-refractivity contribution in [2.75, 3.05) is 7.11 Å². The molecule has 2 aliphatic heterocycles. The van der Waals surface area contributed by atoms with E-state index in [0.29, 0.717) is 27.0 Å². The third-order valence-corrected chi connectivity index (χ3v) is 5.65. The molecule has 0 aromatic heterocycles. The summed E-state index contributed by atoms with van der Waals surface area (Å²) in [5, 5.41) is 11.8. The summed E-state index contributed by atoms with van der Waals surface area (Å²) in [5.41, 5.74) is 1.85. The van der Waals surface area contributed by atoms with Crippen molar-refractivity contribution < 1.29 is 19.2 Å². The summed E-state index contributed by atoms with van der Waals surface area (Å²) in [6.45, 7) is 4.92. The molecule has 0 bridgehead atoms. The number of carbonyl (C=O) groups is 2. The molecule has 3 rings (SSSR count). The summed E-state index contributed by atoms with van der Waals surface area (Å²) in [6, 6.07) is 5.41. The zero-order valence-electron chi connectivity index (χ0n) is 15.2. The van der Waals surface area contributed by atoms with E-state index in [9.17, 15) is 19.7 Å². The highest BCUT2D eigenvalue weighted by Crippen LogP contribution is 2.47. The number of esters is 1. The Balaban J connectivity index is 2.23. The number of amidine groups is 1. The predicted molar refractivity (Wildman–Crippen MR) is 101 cm³/mol. The van der Waals surface area contributed by atoms with Gasteiger partial charge in [-0.25, -0.2) is 9.79 Å². The second-order valence-corrected chi connectivity index (χ2v) is 7.06. The Morgan fingerprint density at radius 3 is 2.63 bits per heavy atom. The number of benzene rings is 1. The number of Topliss-reactive ketones (excluding diaryl/α,β-unsaturated/α-hetero) is 1. The van der Waals surface area contributed by atoms with Gasteiger partial charge in [-0.3, -0.25) is 14.9 Å². The molecule has 2 aliphatic rings. The van der Waals surface area contributed by atoms with Crippen molar-refractivity contribution in [3.63, 3.8) is 0 Å². The molecular weight excluding hydrogens is 370 g/mol. The standard InChI is InChI=1S/C18H17N3O5S/c1-9-14(17(23)26-4)15(12-6-5-7-13(8-12)21(24)25)20-10(2)16(11(3)22)27-18(20)19-9/h5-8,15H,1-4H3/t15-/m1/s1. The molecule has 0 spiro atoms. The Labute approximate surface area is 159 Å². The number of non-ortho nitro benzene ring substituents is 1. The molecule has 0 unspecified atom stereocenters. The first kappa shape index (κ1) is 18.8. The van der Waals surface area contributed by atoms with Crippen LogP contribution in [0.3, 0.4) is 0 Å². The van der Waals surface area contributed by atoms with Crippen molar-refractivity contribution in [3.05, 3.63) is 61.8 Å². The van der Waals surface area contributed by atoms with Crippen molar-refractivity contribution in [3.8, 4) is 0 Å². The van der Waals surface area contributed by atoms with Gasteiger partial charge in [0.15, 0.2) is 11.0 Å². The maximum absolute atomic E-state index is 12.5. The molecule has 9 heteroatoms. The summed E-state index contributed by atoms with van der Waals surface area (Å²) in [4.78, 5) is 42.0. The van der Waals surface area contributed by atoms with Crippen LogP contribution in [-0.2, 0) is 14.3 Å². The number of ketones is 1. The molecular formula is C18H17N3O5S. The number of nitro groups is 1. The van der Waals surface area contributed by atoms with E-state index in [-0.39, 0.29) is 17.0 Å². The Hall–Kier alpha value is -2.94. The second kappa shape index (κ2) is 6.99. The highest BCUT2D eigenvalue weighted by molar-refractivity contribution is 8.18. The summed E-state index contributed by atoms with van der Waals surface area (Å²) in [6.07, 6.45) is 0. The van der Waals surface area contributed by atoms with Crippen molar-refractivity contribution in [2.24, 2.45) is 4.99 Å². The van der Waals surface area contributed by atoms with Gasteiger partial charge in [-0.15, -0.1) is 0 Å². The number of thioether (sulfide) groups is 1. The van der Waals surface area contributed by atoms with E-state index >= 15 is 0 Å². The SMILES string of the molecule is COC(=O)C1=C(C)N=C2SC(C(C)=O)=C(C)N2[C@@H]1c1cccc([N+](=O)[O-])c1. The monoisotopic (exact) mass is 387 g/mol. The van der Waals surface area contributed by atoms with Crippen LogP contribution in [0.2, 0.25) is 0 Å². The van der Waals surface area contributed by atoms with Gasteiger partial charge in [-0.1, -0.05) is 12.1 Å². The molecule has 0 saturated carbocycles. The largest absolute Gasteiger partial charge is 0.466 e. The summed E-state index contributed by atoms with van der Waals surface area (Å²) < 4.78 is 4.93. The van der Waals surface area contributed by atoms with Crippen LogP contribution in [0.1, 0.15) is 32.4 Å². The summed E-state index contributed by atoms with van der Waals surface area (Å²) >= 11 is 1.23. The van der Waals surface area contributed by atoms with Crippen LogP contribution in [0.25, 0.3) is 0 Å². The fraction of sp³-hybridized carbons (Fsp3) is 0.278. The molecule has 2 heterocycles. The first-order chi connectivity index (χ1) is 12.8. The molecule has 0 radical (unpaired) electrons. The lowest BCUT2D eigenvalue weighted by atomic mass is 9.93. The van der Waals surface area contributed by atoms with Gasteiger partial charge < -0.3 is 9.64 Å². The number of hydrogen-bond donors (Lipinski definition) is 0. The van der Waals surface area contributed by atoms with Gasteiger partial charge in [0, 0.05) is 17.8 Å². The summed E-state index contributed by atoms with van der Waals surface area (Å²) in [7, 11) is 1.27. The molecule has 0 N–H and O–H groups in total. The minimum absolute atomic E-state index is 0.0845. The quantitative estimate of drug-likeness (QED) is 0.443. The van der Waals surface area contributed by atoms with Gasteiger partial charge in [0.05, 0.1) is 34.3 Å². The minimum Gasteiger partial charge on any atom is -0.466 e. The van der Waals surface area contributed by atoms with Crippen LogP contribution in [-0.4, -0.2) is 33.9 Å². The lowest BCUT2D eigenvalue weighted by molar-refractivity contribution is -0.384. The van der Waals surface area contributed by atoms with Crippen LogP contribution in [0.15, 0.2) is 51.1 Å². The zero-order chi connectivity index (χ0) is 19.9. The first-order valence-corrected chi connectivity index (χ1v) is 8.89. The first-order valence-electron chi connectivity index (χ1n) is 8.07. The second-order valence-electron chi connectivity index (χ2n) is 6.08. The Kier molecular flexibility index (Phi) is 4.88. The van der Waals surface area contributed by atoms with E-state index in [0.717, 1.165) is 0 Å². The average molecular weight is 387 g/mol. The van der Waals surface area contributed by atoms with E-state index in [1.165, 1.54) is 37.9 Å². The average Bonchev–Trinajstić information content (AvgIpc) is 2.96. The summed E-state index contributed by atoms with van der Waals surface area (Å²) in [5.74, 6) is -0.675. The number of ether oxygens (including phenoxy) is 1. The Bertz CT molecular complexity index is 963. The molecule has 0 fully saturated rings. The number of nitrogens with zero attached hydrogens (tertiary/aromatic N) is 3. The van der Waals surface area contributed by atoms with Gasteiger partial charge in [-0.05, 0) is 38.1 Å². The molecule has 27 heavy (non-hydrogen) atoms. The smallest absolute Gasteiger partial charge is 0.338 e. The lowest BCUT2D eigenvalue weighted by Gasteiger charge is -2.35. The Morgan fingerprint density at radius 2 is 2.04 bits per heavy atom. The van der Waals surface area contributed by atoms with Crippen molar-refractivity contribution in [2.45, 2.75) is 26.8 Å². The highest BCUT2D eigenvalue weighted by Gasteiger charge is 2.42. The van der Waals surface area contributed by atoms with Crippen molar-refractivity contribution >= 4 is 34.4 Å². The molecule has 140 valence electrons. The normalized spacial score (nSPS) is 19.0. The van der Waals surface area contributed by atoms with Crippen LogP contribution in [0, 0.1) is 10.1 Å². The number of carbonyl (C=O) groups excluding carboxylic acids is 2. The lowest BCUT2D eigenvalue weighted by Crippen LogP contribution is -2.36. The van der Waals surface area contributed by atoms with E-state index in [1.54, 1.807) is 30.9 Å². The number of rotatable bonds is 4. The van der Waals surface area contributed by atoms with Gasteiger partial charge >= 0.3 is 5.97 Å². The van der Waals surface area contributed by atoms with E-state index in [4.69, 9.17) is 4.74 Å². The molecule has 8 nitrogen and oxygen atoms in total. The molecule has 0 aliphatic carbocycles. The van der Waals surface area contributed by atoms with Crippen molar-refractivity contribution in [1.29, 1.82) is 0 Å². The number of nitro benzene ring substituents is 1. The Morgan fingerprint density at radius 1 is 1.33 bits per heavy atom. The molecule has 0 amide bonds. The van der Waals surface area contributed by atoms with Gasteiger partial charge in [0.2, 0.25) is 0 Å².